The highest BCUT2D eigenvalue weighted by Gasteiger charge is 2.18. The van der Waals surface area contributed by atoms with Crippen molar-refractivity contribution in [3.63, 3.8) is 0 Å². The van der Waals surface area contributed by atoms with Gasteiger partial charge in [-0.15, -0.1) is 0 Å². The molecule has 0 aromatic carbocycles. The normalized spacial score (nSPS) is 20.1. The van der Waals surface area contributed by atoms with Crippen LogP contribution in [0.1, 0.15) is 6.92 Å². The third-order valence-electron chi connectivity index (χ3n) is 1.08. The van der Waals surface area contributed by atoms with Crippen LogP contribution in [0.2, 0.25) is 0 Å². The molecule has 0 spiro atoms. The molecule has 3 heteroatoms. The fraction of sp³-hybridized carbons (Fsp3) is 0.800. The SMILES string of the molecule is CC(=O)SC1CNC1. The molecule has 1 aliphatic heterocycles. The van der Waals surface area contributed by atoms with Crippen molar-refractivity contribution in [2.75, 3.05) is 13.1 Å². The van der Waals surface area contributed by atoms with Crippen molar-refractivity contribution < 1.29 is 4.79 Å². The summed E-state index contributed by atoms with van der Waals surface area (Å²) >= 11 is 1.44. The molecule has 8 heavy (non-hydrogen) atoms. The van der Waals surface area contributed by atoms with E-state index in [0.29, 0.717) is 5.25 Å². The molecular weight excluding hydrogens is 122 g/mol. The molecule has 1 heterocycles. The monoisotopic (exact) mass is 131 g/mol. The molecule has 0 aromatic rings. The molecule has 0 bridgehead atoms. The molecule has 0 aliphatic carbocycles. The third kappa shape index (κ3) is 1.49. The van der Waals surface area contributed by atoms with Gasteiger partial charge in [0.2, 0.25) is 0 Å². The lowest BCUT2D eigenvalue weighted by Gasteiger charge is -2.24. The van der Waals surface area contributed by atoms with Crippen molar-refractivity contribution >= 4 is 16.9 Å². The minimum Gasteiger partial charge on any atom is -0.314 e. The summed E-state index contributed by atoms with van der Waals surface area (Å²) in [4.78, 5) is 10.4. The highest BCUT2D eigenvalue weighted by Crippen LogP contribution is 2.14. The Morgan fingerprint density at radius 3 is 2.50 bits per heavy atom. The van der Waals surface area contributed by atoms with Gasteiger partial charge in [0.25, 0.3) is 0 Å². The number of hydrogen-bond acceptors (Lipinski definition) is 3. The molecule has 1 rings (SSSR count). The smallest absolute Gasteiger partial charge is 0.186 e. The van der Waals surface area contributed by atoms with Gasteiger partial charge in [-0.2, -0.15) is 0 Å². The molecule has 0 unspecified atom stereocenters. The summed E-state index contributed by atoms with van der Waals surface area (Å²) in [6, 6.07) is 0. The second-order valence-corrected chi connectivity index (χ2v) is 3.37. The first kappa shape index (κ1) is 6.11. The van der Waals surface area contributed by atoms with Gasteiger partial charge in [0.05, 0.1) is 0 Å². The van der Waals surface area contributed by atoms with Gasteiger partial charge in [-0.05, 0) is 0 Å². The van der Waals surface area contributed by atoms with Crippen LogP contribution < -0.4 is 5.32 Å². The second kappa shape index (κ2) is 2.51. The predicted octanol–water partition coefficient (Wildman–Crippen LogP) is 0.238. The van der Waals surface area contributed by atoms with E-state index in [4.69, 9.17) is 0 Å². The van der Waals surface area contributed by atoms with Crippen LogP contribution in [0.15, 0.2) is 0 Å². The lowest BCUT2D eigenvalue weighted by atomic mass is 10.3. The molecule has 1 fully saturated rings. The molecule has 1 saturated heterocycles. The van der Waals surface area contributed by atoms with Gasteiger partial charge in [0, 0.05) is 25.3 Å². The van der Waals surface area contributed by atoms with Crippen LogP contribution in [-0.4, -0.2) is 23.5 Å². The summed E-state index contributed by atoms with van der Waals surface area (Å²) < 4.78 is 0. The lowest BCUT2D eigenvalue weighted by Crippen LogP contribution is -2.44. The Hall–Kier alpha value is -0.0200. The molecular formula is C5H9NOS. The molecule has 1 aliphatic rings. The van der Waals surface area contributed by atoms with E-state index in [9.17, 15) is 4.79 Å². The fourth-order valence-corrected chi connectivity index (χ4v) is 1.45. The summed E-state index contributed by atoms with van der Waals surface area (Å²) in [6.45, 7) is 3.62. The van der Waals surface area contributed by atoms with Crippen LogP contribution in [0.4, 0.5) is 0 Å². The van der Waals surface area contributed by atoms with Crippen LogP contribution >= 0.6 is 11.8 Å². The molecule has 0 atom stereocenters. The molecule has 2 nitrogen and oxygen atoms in total. The summed E-state index contributed by atoms with van der Waals surface area (Å²) in [7, 11) is 0. The van der Waals surface area contributed by atoms with E-state index in [0.717, 1.165) is 13.1 Å². The second-order valence-electron chi connectivity index (χ2n) is 1.89. The maximum atomic E-state index is 10.4. The number of rotatable bonds is 1. The number of nitrogens with one attached hydrogen (secondary N) is 1. The minimum absolute atomic E-state index is 0.233. The predicted molar refractivity (Wildman–Crippen MR) is 34.9 cm³/mol. The van der Waals surface area contributed by atoms with Gasteiger partial charge in [0.15, 0.2) is 5.12 Å². The van der Waals surface area contributed by atoms with Crippen LogP contribution in [0.3, 0.4) is 0 Å². The first-order valence-corrected chi connectivity index (χ1v) is 3.55. The Balaban J connectivity index is 2.09. The van der Waals surface area contributed by atoms with Gasteiger partial charge in [-0.25, -0.2) is 0 Å². The van der Waals surface area contributed by atoms with Gasteiger partial charge in [0.1, 0.15) is 0 Å². The molecule has 0 saturated carbocycles. The Labute approximate surface area is 53.0 Å². The molecule has 0 radical (unpaired) electrons. The highest BCUT2D eigenvalue weighted by atomic mass is 32.2. The number of hydrogen-bond donors (Lipinski definition) is 1. The van der Waals surface area contributed by atoms with E-state index >= 15 is 0 Å². The molecule has 46 valence electrons. The van der Waals surface area contributed by atoms with Crippen molar-refractivity contribution in [1.29, 1.82) is 0 Å². The Morgan fingerprint density at radius 2 is 2.38 bits per heavy atom. The van der Waals surface area contributed by atoms with E-state index in [1.807, 2.05) is 0 Å². The van der Waals surface area contributed by atoms with Crippen molar-refractivity contribution in [3.8, 4) is 0 Å². The Kier molecular flexibility index (Phi) is 1.91. The Morgan fingerprint density at radius 1 is 1.75 bits per heavy atom. The fourth-order valence-electron chi connectivity index (χ4n) is 0.580. The maximum absolute atomic E-state index is 10.4. The zero-order chi connectivity index (χ0) is 5.98. The summed E-state index contributed by atoms with van der Waals surface area (Å²) in [5.41, 5.74) is 0. The van der Waals surface area contributed by atoms with Crippen molar-refractivity contribution in [2.24, 2.45) is 0 Å². The van der Waals surface area contributed by atoms with Gasteiger partial charge < -0.3 is 5.32 Å². The minimum atomic E-state index is 0.233. The van der Waals surface area contributed by atoms with Crippen molar-refractivity contribution in [3.05, 3.63) is 0 Å². The number of carbonyl (C=O) groups excluding carboxylic acids is 1. The van der Waals surface area contributed by atoms with Gasteiger partial charge >= 0.3 is 0 Å². The van der Waals surface area contributed by atoms with Crippen molar-refractivity contribution in [2.45, 2.75) is 12.2 Å². The van der Waals surface area contributed by atoms with E-state index in [-0.39, 0.29) is 5.12 Å². The van der Waals surface area contributed by atoms with Crippen LogP contribution in [-0.2, 0) is 4.79 Å². The summed E-state index contributed by atoms with van der Waals surface area (Å²) in [6.07, 6.45) is 0. The van der Waals surface area contributed by atoms with Crippen LogP contribution in [0, 0.1) is 0 Å². The highest BCUT2D eigenvalue weighted by molar-refractivity contribution is 8.14. The standard InChI is InChI=1S/C5H9NOS/c1-4(7)8-5-2-6-3-5/h5-6H,2-3H2,1H3. The zero-order valence-corrected chi connectivity index (χ0v) is 5.62. The average molecular weight is 131 g/mol. The topological polar surface area (TPSA) is 29.1 Å². The number of thioether (sulfide) groups is 1. The van der Waals surface area contributed by atoms with E-state index in [1.54, 1.807) is 6.92 Å². The number of carbonyl (C=O) groups is 1. The van der Waals surface area contributed by atoms with E-state index in [2.05, 4.69) is 5.32 Å². The van der Waals surface area contributed by atoms with Gasteiger partial charge in [-0.3, -0.25) is 4.79 Å². The Bertz CT molecular complexity index is 101. The van der Waals surface area contributed by atoms with Gasteiger partial charge in [-0.1, -0.05) is 11.8 Å². The van der Waals surface area contributed by atoms with E-state index in [1.165, 1.54) is 11.8 Å². The molecule has 0 amide bonds. The lowest BCUT2D eigenvalue weighted by molar-refractivity contribution is -0.109. The van der Waals surface area contributed by atoms with Crippen LogP contribution in [0.25, 0.3) is 0 Å². The average Bonchev–Trinajstić information content (AvgIpc) is 1.55. The quantitative estimate of drug-likeness (QED) is 0.552. The summed E-state index contributed by atoms with van der Waals surface area (Å²) in [5, 5.41) is 3.89. The first-order chi connectivity index (χ1) is 3.79. The largest absolute Gasteiger partial charge is 0.314 e. The third-order valence-corrected chi connectivity index (χ3v) is 2.08. The summed E-state index contributed by atoms with van der Waals surface area (Å²) in [5.74, 6) is 0. The zero-order valence-electron chi connectivity index (χ0n) is 4.81. The molecule has 0 aromatic heterocycles. The van der Waals surface area contributed by atoms with Crippen molar-refractivity contribution in [1.82, 2.24) is 5.32 Å². The van der Waals surface area contributed by atoms with E-state index < -0.39 is 0 Å². The van der Waals surface area contributed by atoms with Crippen LogP contribution in [0.5, 0.6) is 0 Å². The molecule has 1 N–H and O–H groups in total. The maximum Gasteiger partial charge on any atom is 0.186 e. The first-order valence-electron chi connectivity index (χ1n) is 2.67.